The van der Waals surface area contributed by atoms with Gasteiger partial charge < -0.3 is 26.6 Å². The second kappa shape index (κ2) is 10.8. The molecule has 0 aliphatic heterocycles. The van der Waals surface area contributed by atoms with Crippen molar-refractivity contribution in [2.45, 2.75) is 19.0 Å². The van der Waals surface area contributed by atoms with Crippen LogP contribution in [-0.4, -0.2) is 59.7 Å². The summed E-state index contributed by atoms with van der Waals surface area (Å²) in [6.45, 7) is 1.64. The first-order chi connectivity index (χ1) is 9.42. The maximum atomic E-state index is 11.6. The predicted molar refractivity (Wildman–Crippen MR) is 78.1 cm³/mol. The number of esters is 1. The lowest BCUT2D eigenvalue weighted by atomic mass is 10.3. The molecular weight excluding hydrogens is 306 g/mol. The van der Waals surface area contributed by atoms with Crippen molar-refractivity contribution in [3.05, 3.63) is 0 Å². The minimum atomic E-state index is -1.09. The van der Waals surface area contributed by atoms with E-state index in [1.165, 1.54) is 21.6 Å². The fourth-order valence-electron chi connectivity index (χ4n) is 0.974. The summed E-state index contributed by atoms with van der Waals surface area (Å²) in [5, 5.41) is 11.0. The van der Waals surface area contributed by atoms with E-state index in [4.69, 9.17) is 21.3 Å². The van der Waals surface area contributed by atoms with Crippen LogP contribution >= 0.6 is 21.6 Å². The first-order valence-electron chi connectivity index (χ1n) is 5.81. The fraction of sp³-hybridized carbons (Fsp3) is 0.700. The number of aliphatic carboxylic acids is 1. The van der Waals surface area contributed by atoms with Crippen molar-refractivity contribution < 1.29 is 24.2 Å². The molecule has 0 spiro atoms. The van der Waals surface area contributed by atoms with Crippen molar-refractivity contribution >= 4 is 39.4 Å². The highest BCUT2D eigenvalue weighted by molar-refractivity contribution is 8.76. The standard InChI is InChI=1S/C10H19N3O5S2/c1-2-18-10(17)7(13-8(14)3-11)5-20-19-4-6(12)9(15)16/h6-7H,2-5,11-12H2,1H3,(H,13,14)(H,15,16)/t6?,7-/m0/s1. The normalized spacial score (nSPS) is 13.3. The predicted octanol–water partition coefficient (Wildman–Crippen LogP) is -1.21. The lowest BCUT2D eigenvalue weighted by molar-refractivity contribution is -0.146. The van der Waals surface area contributed by atoms with Crippen LogP contribution in [0.3, 0.4) is 0 Å². The number of ether oxygens (including phenoxy) is 1. The molecule has 1 amide bonds. The van der Waals surface area contributed by atoms with Crippen LogP contribution in [0.15, 0.2) is 0 Å². The topological polar surface area (TPSA) is 145 Å². The van der Waals surface area contributed by atoms with Crippen LogP contribution in [0.2, 0.25) is 0 Å². The molecule has 0 heterocycles. The number of hydrogen-bond acceptors (Lipinski definition) is 8. The Kier molecular flexibility index (Phi) is 10.3. The van der Waals surface area contributed by atoms with Crippen LogP contribution in [0.1, 0.15) is 6.92 Å². The maximum Gasteiger partial charge on any atom is 0.329 e. The number of nitrogens with one attached hydrogen (secondary N) is 1. The first kappa shape index (κ1) is 19.0. The number of carbonyl (C=O) groups is 3. The molecule has 20 heavy (non-hydrogen) atoms. The zero-order valence-corrected chi connectivity index (χ0v) is 12.7. The zero-order valence-electron chi connectivity index (χ0n) is 11.0. The van der Waals surface area contributed by atoms with Crippen LogP contribution in [0, 0.1) is 0 Å². The average molecular weight is 325 g/mol. The third-order valence-corrected chi connectivity index (χ3v) is 4.42. The van der Waals surface area contributed by atoms with Gasteiger partial charge in [-0.3, -0.25) is 9.59 Å². The molecule has 10 heteroatoms. The minimum Gasteiger partial charge on any atom is -0.480 e. The highest BCUT2D eigenvalue weighted by Gasteiger charge is 2.22. The van der Waals surface area contributed by atoms with Gasteiger partial charge in [-0.2, -0.15) is 0 Å². The molecule has 0 aliphatic rings. The van der Waals surface area contributed by atoms with Gasteiger partial charge in [0.2, 0.25) is 5.91 Å². The highest BCUT2D eigenvalue weighted by atomic mass is 33.1. The van der Waals surface area contributed by atoms with Crippen LogP contribution in [0.4, 0.5) is 0 Å². The maximum absolute atomic E-state index is 11.6. The number of carboxylic acid groups (broad SMARTS) is 1. The second-order valence-electron chi connectivity index (χ2n) is 3.59. The van der Waals surface area contributed by atoms with Crippen LogP contribution in [-0.2, 0) is 19.1 Å². The smallest absolute Gasteiger partial charge is 0.329 e. The molecule has 6 N–H and O–H groups in total. The van der Waals surface area contributed by atoms with Gasteiger partial charge in [0.25, 0.3) is 0 Å². The summed E-state index contributed by atoms with van der Waals surface area (Å²) in [5.41, 5.74) is 10.5. The Hall–Kier alpha value is -0.970. The molecule has 0 fully saturated rings. The second-order valence-corrected chi connectivity index (χ2v) is 6.14. The molecule has 0 aromatic carbocycles. The summed E-state index contributed by atoms with van der Waals surface area (Å²) in [5.74, 6) is -1.67. The largest absolute Gasteiger partial charge is 0.480 e. The Morgan fingerprint density at radius 1 is 1.30 bits per heavy atom. The van der Waals surface area contributed by atoms with Crippen molar-refractivity contribution in [2.24, 2.45) is 11.5 Å². The van der Waals surface area contributed by atoms with Gasteiger partial charge in [0, 0.05) is 11.5 Å². The molecule has 116 valence electrons. The molecule has 0 saturated carbocycles. The lowest BCUT2D eigenvalue weighted by Crippen LogP contribution is -2.45. The van der Waals surface area contributed by atoms with Gasteiger partial charge in [0.05, 0.1) is 13.2 Å². The quantitative estimate of drug-likeness (QED) is 0.221. The van der Waals surface area contributed by atoms with E-state index in [9.17, 15) is 14.4 Å². The Morgan fingerprint density at radius 2 is 1.90 bits per heavy atom. The summed E-state index contributed by atoms with van der Waals surface area (Å²) >= 11 is 0. The fourth-order valence-corrected chi connectivity index (χ4v) is 3.24. The van der Waals surface area contributed by atoms with Crippen LogP contribution in [0.5, 0.6) is 0 Å². The zero-order chi connectivity index (χ0) is 15.5. The van der Waals surface area contributed by atoms with Crippen molar-refractivity contribution in [1.29, 1.82) is 0 Å². The molecule has 0 bridgehead atoms. The molecule has 0 saturated heterocycles. The molecule has 0 aliphatic carbocycles. The molecule has 0 radical (unpaired) electrons. The molecule has 0 aromatic heterocycles. The van der Waals surface area contributed by atoms with Crippen molar-refractivity contribution in [3.8, 4) is 0 Å². The van der Waals surface area contributed by atoms with Crippen molar-refractivity contribution in [2.75, 3.05) is 24.7 Å². The third kappa shape index (κ3) is 8.25. The third-order valence-electron chi connectivity index (χ3n) is 1.97. The number of carboxylic acids is 1. The van der Waals surface area contributed by atoms with E-state index >= 15 is 0 Å². The van der Waals surface area contributed by atoms with E-state index in [2.05, 4.69) is 5.32 Å². The lowest BCUT2D eigenvalue weighted by Gasteiger charge is -2.16. The van der Waals surface area contributed by atoms with Crippen molar-refractivity contribution in [3.63, 3.8) is 0 Å². The van der Waals surface area contributed by atoms with E-state index in [0.717, 1.165) is 0 Å². The molecular formula is C10H19N3O5S2. The van der Waals surface area contributed by atoms with Gasteiger partial charge >= 0.3 is 11.9 Å². The van der Waals surface area contributed by atoms with E-state index in [1.807, 2.05) is 0 Å². The Morgan fingerprint density at radius 3 is 2.40 bits per heavy atom. The number of rotatable bonds is 10. The number of hydrogen-bond donors (Lipinski definition) is 4. The number of nitrogens with two attached hydrogens (primary N) is 2. The summed E-state index contributed by atoms with van der Waals surface area (Å²) in [6, 6.07) is -1.78. The molecule has 2 atom stereocenters. The van der Waals surface area contributed by atoms with Gasteiger partial charge in [-0.15, -0.1) is 0 Å². The van der Waals surface area contributed by atoms with Gasteiger partial charge in [-0.05, 0) is 6.92 Å². The van der Waals surface area contributed by atoms with Crippen LogP contribution < -0.4 is 16.8 Å². The Labute approximate surface area is 124 Å². The monoisotopic (exact) mass is 325 g/mol. The summed E-state index contributed by atoms with van der Waals surface area (Å²) < 4.78 is 4.83. The van der Waals surface area contributed by atoms with E-state index < -0.39 is 29.9 Å². The number of amides is 1. The van der Waals surface area contributed by atoms with Gasteiger partial charge in [0.1, 0.15) is 12.1 Å². The molecule has 8 nitrogen and oxygen atoms in total. The highest BCUT2D eigenvalue weighted by Crippen LogP contribution is 2.22. The van der Waals surface area contributed by atoms with Gasteiger partial charge in [-0.25, -0.2) is 4.79 Å². The van der Waals surface area contributed by atoms with Crippen LogP contribution in [0.25, 0.3) is 0 Å². The Balaban J connectivity index is 4.18. The average Bonchev–Trinajstić information content (AvgIpc) is 2.41. The first-order valence-corrected chi connectivity index (χ1v) is 8.30. The molecule has 0 rings (SSSR count). The molecule has 0 aromatic rings. The van der Waals surface area contributed by atoms with Crippen molar-refractivity contribution in [1.82, 2.24) is 5.32 Å². The van der Waals surface area contributed by atoms with E-state index in [1.54, 1.807) is 6.92 Å². The molecule has 1 unspecified atom stereocenters. The van der Waals surface area contributed by atoms with E-state index in [-0.39, 0.29) is 24.7 Å². The van der Waals surface area contributed by atoms with E-state index in [0.29, 0.717) is 0 Å². The summed E-state index contributed by atoms with van der Waals surface area (Å²) in [6.07, 6.45) is 0. The van der Waals surface area contributed by atoms with Gasteiger partial charge in [-0.1, -0.05) is 21.6 Å². The minimum absolute atomic E-state index is 0.195. The summed E-state index contributed by atoms with van der Waals surface area (Å²) in [7, 11) is 2.44. The Bertz CT molecular complexity index is 343. The van der Waals surface area contributed by atoms with Gasteiger partial charge in [0.15, 0.2) is 0 Å². The SMILES string of the molecule is CCOC(=O)[C@H](CSSCC(N)C(=O)O)NC(=O)CN. The summed E-state index contributed by atoms with van der Waals surface area (Å²) in [4.78, 5) is 33.3. The number of carbonyl (C=O) groups excluding carboxylic acids is 2.